The molecule has 2 rings (SSSR count). The first kappa shape index (κ1) is 12.5. The number of carboxylic acid groups (broad SMARTS) is 1. The summed E-state index contributed by atoms with van der Waals surface area (Å²) in [5.41, 5.74) is 1.11. The molecule has 0 aromatic carbocycles. The fourth-order valence-corrected chi connectivity index (χ4v) is 1.96. The predicted molar refractivity (Wildman–Crippen MR) is 65.3 cm³/mol. The van der Waals surface area contributed by atoms with Gasteiger partial charge in [0.05, 0.1) is 0 Å². The second kappa shape index (κ2) is 4.76. The molecule has 1 heterocycles. The number of hydrogen-bond acceptors (Lipinski definition) is 3. The minimum Gasteiger partial charge on any atom is -0.480 e. The van der Waals surface area contributed by atoms with E-state index in [-0.39, 0.29) is 11.9 Å². The van der Waals surface area contributed by atoms with Crippen molar-refractivity contribution in [3.63, 3.8) is 0 Å². The van der Waals surface area contributed by atoms with E-state index in [9.17, 15) is 9.59 Å². The van der Waals surface area contributed by atoms with Crippen molar-refractivity contribution in [2.24, 2.45) is 0 Å². The van der Waals surface area contributed by atoms with Gasteiger partial charge in [0.2, 0.25) is 0 Å². The molecular weight excluding hydrogens is 232 g/mol. The molecule has 5 heteroatoms. The molecule has 0 aliphatic heterocycles. The highest BCUT2D eigenvalue weighted by molar-refractivity contribution is 5.96. The van der Waals surface area contributed by atoms with E-state index in [1.165, 1.54) is 11.8 Å². The molecule has 1 N–H and O–H groups in total. The van der Waals surface area contributed by atoms with Crippen LogP contribution in [0.2, 0.25) is 0 Å². The van der Waals surface area contributed by atoms with Gasteiger partial charge in [0.1, 0.15) is 11.7 Å². The lowest BCUT2D eigenvalue weighted by Gasteiger charge is -2.26. The third-order valence-corrected chi connectivity index (χ3v) is 3.16. The van der Waals surface area contributed by atoms with Crippen molar-refractivity contribution in [2.75, 3.05) is 0 Å². The third-order valence-electron chi connectivity index (χ3n) is 3.16. The van der Waals surface area contributed by atoms with E-state index in [4.69, 9.17) is 5.11 Å². The van der Waals surface area contributed by atoms with Crippen LogP contribution in [0, 0.1) is 6.92 Å². The fourth-order valence-electron chi connectivity index (χ4n) is 1.96. The number of amides is 1. The summed E-state index contributed by atoms with van der Waals surface area (Å²) < 4.78 is 0. The maximum absolute atomic E-state index is 12.4. The minimum atomic E-state index is -0.983. The van der Waals surface area contributed by atoms with Crippen molar-refractivity contribution in [3.05, 3.63) is 29.6 Å². The highest BCUT2D eigenvalue weighted by Crippen LogP contribution is 2.30. The Morgan fingerprint density at radius 2 is 2.17 bits per heavy atom. The molecule has 1 amide bonds. The number of rotatable bonds is 4. The van der Waals surface area contributed by atoms with Crippen LogP contribution in [0.1, 0.15) is 35.8 Å². The van der Waals surface area contributed by atoms with E-state index in [1.807, 2.05) is 0 Å². The summed E-state index contributed by atoms with van der Waals surface area (Å²) in [5.74, 6) is -1.27. The van der Waals surface area contributed by atoms with Gasteiger partial charge in [0.15, 0.2) is 0 Å². The number of aromatic nitrogens is 1. The van der Waals surface area contributed by atoms with Crippen LogP contribution in [0.4, 0.5) is 0 Å². The van der Waals surface area contributed by atoms with E-state index < -0.39 is 12.0 Å². The van der Waals surface area contributed by atoms with Gasteiger partial charge in [-0.1, -0.05) is 6.07 Å². The number of hydrogen-bond donors (Lipinski definition) is 1. The summed E-state index contributed by atoms with van der Waals surface area (Å²) in [6.45, 7) is 3.34. The van der Waals surface area contributed by atoms with E-state index in [2.05, 4.69) is 4.98 Å². The van der Waals surface area contributed by atoms with E-state index in [0.717, 1.165) is 18.4 Å². The first-order chi connectivity index (χ1) is 8.52. The smallest absolute Gasteiger partial charge is 0.326 e. The van der Waals surface area contributed by atoms with Crippen LogP contribution < -0.4 is 0 Å². The second-order valence-corrected chi connectivity index (χ2v) is 4.63. The number of nitrogens with zero attached hydrogens (tertiary/aromatic N) is 2. The highest BCUT2D eigenvalue weighted by Gasteiger charge is 2.39. The molecule has 0 radical (unpaired) electrons. The lowest BCUT2D eigenvalue weighted by atomic mass is 10.1. The number of carbonyl (C=O) groups excluding carboxylic acids is 1. The standard InChI is InChI=1S/C13H16N2O3/c1-8-4-3-7-14-11(8)12(16)15(10-5-6-10)9(2)13(17)18/h3-4,7,9-10H,5-6H2,1-2H3,(H,17,18). The molecule has 18 heavy (non-hydrogen) atoms. The van der Waals surface area contributed by atoms with Crippen molar-refractivity contribution in [1.29, 1.82) is 0 Å². The predicted octanol–water partition coefficient (Wildman–Crippen LogP) is 1.47. The molecule has 0 spiro atoms. The molecule has 1 unspecified atom stereocenters. The van der Waals surface area contributed by atoms with Crippen LogP contribution in [0.25, 0.3) is 0 Å². The molecule has 1 aliphatic carbocycles. The van der Waals surface area contributed by atoms with E-state index in [1.54, 1.807) is 25.3 Å². The quantitative estimate of drug-likeness (QED) is 0.875. The van der Waals surface area contributed by atoms with Gasteiger partial charge in [-0.05, 0) is 38.3 Å². The zero-order chi connectivity index (χ0) is 13.3. The molecule has 0 bridgehead atoms. The Labute approximate surface area is 105 Å². The average molecular weight is 248 g/mol. The summed E-state index contributed by atoms with van der Waals surface area (Å²) in [6, 6.07) is 2.79. The number of aryl methyl sites for hydroxylation is 1. The fraction of sp³-hybridized carbons (Fsp3) is 0.462. The highest BCUT2D eigenvalue weighted by atomic mass is 16.4. The molecule has 1 atom stereocenters. The van der Waals surface area contributed by atoms with Gasteiger partial charge < -0.3 is 10.0 Å². The normalized spacial score (nSPS) is 16.1. The molecule has 1 fully saturated rings. The molecule has 1 saturated carbocycles. The summed E-state index contributed by atoms with van der Waals surface area (Å²) in [5, 5.41) is 9.08. The maximum atomic E-state index is 12.4. The van der Waals surface area contributed by atoms with Crippen LogP contribution in [0.15, 0.2) is 18.3 Å². The molecular formula is C13H16N2O3. The Hall–Kier alpha value is -1.91. The Morgan fingerprint density at radius 3 is 2.67 bits per heavy atom. The van der Waals surface area contributed by atoms with Crippen molar-refractivity contribution < 1.29 is 14.7 Å². The van der Waals surface area contributed by atoms with Crippen molar-refractivity contribution in [1.82, 2.24) is 9.88 Å². The van der Waals surface area contributed by atoms with Crippen LogP contribution >= 0.6 is 0 Å². The summed E-state index contributed by atoms with van der Waals surface area (Å²) in [6.07, 6.45) is 3.29. The first-order valence-electron chi connectivity index (χ1n) is 5.99. The van der Waals surface area contributed by atoms with Gasteiger partial charge in [0, 0.05) is 12.2 Å². The largest absolute Gasteiger partial charge is 0.480 e. The van der Waals surface area contributed by atoms with Crippen LogP contribution in [-0.2, 0) is 4.79 Å². The SMILES string of the molecule is Cc1cccnc1C(=O)N(C1CC1)C(C)C(=O)O. The molecule has 1 aliphatic rings. The topological polar surface area (TPSA) is 70.5 Å². The van der Waals surface area contributed by atoms with E-state index >= 15 is 0 Å². The van der Waals surface area contributed by atoms with Crippen LogP contribution in [0.3, 0.4) is 0 Å². The Bertz CT molecular complexity index is 483. The van der Waals surface area contributed by atoms with Crippen molar-refractivity contribution in [2.45, 2.75) is 38.8 Å². The monoisotopic (exact) mass is 248 g/mol. The Kier molecular flexibility index (Phi) is 3.32. The number of aliphatic carboxylic acids is 1. The molecule has 0 saturated heterocycles. The lowest BCUT2D eigenvalue weighted by Crippen LogP contribution is -2.45. The van der Waals surface area contributed by atoms with Gasteiger partial charge >= 0.3 is 5.97 Å². The lowest BCUT2D eigenvalue weighted by molar-refractivity contribution is -0.141. The maximum Gasteiger partial charge on any atom is 0.326 e. The molecule has 5 nitrogen and oxygen atoms in total. The molecule has 96 valence electrons. The Balaban J connectivity index is 2.29. The number of carboxylic acids is 1. The van der Waals surface area contributed by atoms with Gasteiger partial charge in [-0.3, -0.25) is 9.78 Å². The van der Waals surface area contributed by atoms with Crippen molar-refractivity contribution in [3.8, 4) is 0 Å². The van der Waals surface area contributed by atoms with E-state index in [0.29, 0.717) is 5.69 Å². The summed E-state index contributed by atoms with van der Waals surface area (Å²) in [4.78, 5) is 29.0. The van der Waals surface area contributed by atoms with Crippen LogP contribution in [0.5, 0.6) is 0 Å². The number of carbonyl (C=O) groups is 2. The minimum absolute atomic E-state index is 0.0463. The van der Waals surface area contributed by atoms with Gasteiger partial charge in [0.25, 0.3) is 5.91 Å². The molecule has 1 aromatic rings. The van der Waals surface area contributed by atoms with Crippen LogP contribution in [-0.4, -0.2) is 39.0 Å². The zero-order valence-electron chi connectivity index (χ0n) is 10.5. The van der Waals surface area contributed by atoms with Crippen molar-refractivity contribution >= 4 is 11.9 Å². The van der Waals surface area contributed by atoms with Gasteiger partial charge in [-0.25, -0.2) is 4.79 Å². The van der Waals surface area contributed by atoms with Gasteiger partial charge in [-0.2, -0.15) is 0 Å². The first-order valence-corrected chi connectivity index (χ1v) is 5.99. The van der Waals surface area contributed by atoms with Gasteiger partial charge in [-0.15, -0.1) is 0 Å². The second-order valence-electron chi connectivity index (χ2n) is 4.63. The molecule has 1 aromatic heterocycles. The Morgan fingerprint density at radius 1 is 1.50 bits per heavy atom. The average Bonchev–Trinajstić information content (AvgIpc) is 3.14. The summed E-state index contributed by atoms with van der Waals surface area (Å²) in [7, 11) is 0. The third kappa shape index (κ3) is 2.34. The zero-order valence-corrected chi connectivity index (χ0v) is 10.5. The summed E-state index contributed by atoms with van der Waals surface area (Å²) >= 11 is 0. The number of pyridine rings is 1.